The van der Waals surface area contributed by atoms with Gasteiger partial charge in [-0.3, -0.25) is 0 Å². The number of piperidine rings is 1. The zero-order valence-electron chi connectivity index (χ0n) is 10.1. The molecule has 1 saturated carbocycles. The Labute approximate surface area is 93.2 Å². The van der Waals surface area contributed by atoms with E-state index in [0.717, 1.165) is 19.2 Å². The molecule has 15 heavy (non-hydrogen) atoms. The highest BCUT2D eigenvalue weighted by atomic mass is 16.5. The van der Waals surface area contributed by atoms with Crippen LogP contribution >= 0.6 is 0 Å². The summed E-state index contributed by atoms with van der Waals surface area (Å²) in [5.74, 6) is 0. The van der Waals surface area contributed by atoms with Crippen LogP contribution < -0.4 is 5.32 Å². The van der Waals surface area contributed by atoms with Gasteiger partial charge in [0.2, 0.25) is 0 Å². The summed E-state index contributed by atoms with van der Waals surface area (Å²) in [5, 5.41) is 3.38. The van der Waals surface area contributed by atoms with Crippen LogP contribution in [0.5, 0.6) is 0 Å². The molecule has 1 N–H and O–H groups in total. The fraction of sp³-hybridized carbons (Fsp3) is 1.00. The molecule has 0 radical (unpaired) electrons. The van der Waals surface area contributed by atoms with Crippen LogP contribution in [0.4, 0.5) is 0 Å². The molecule has 0 unspecified atom stereocenters. The minimum Gasteiger partial charge on any atom is -0.383 e. The Balaban J connectivity index is 1.69. The summed E-state index contributed by atoms with van der Waals surface area (Å²) in [7, 11) is 3.88. The Morgan fingerprint density at radius 1 is 1.33 bits per heavy atom. The summed E-state index contributed by atoms with van der Waals surface area (Å²) >= 11 is 0. The fourth-order valence-electron chi connectivity index (χ4n) is 3.07. The largest absolute Gasteiger partial charge is 0.383 e. The van der Waals surface area contributed by atoms with E-state index in [-0.39, 0.29) is 0 Å². The van der Waals surface area contributed by atoms with Crippen LogP contribution in [0, 0.1) is 5.41 Å². The summed E-state index contributed by atoms with van der Waals surface area (Å²) < 4.78 is 5.12. The highest BCUT2D eigenvalue weighted by Gasteiger charge is 2.44. The zero-order chi connectivity index (χ0) is 10.7. The number of nitrogens with one attached hydrogen (secondary N) is 1. The third kappa shape index (κ3) is 2.52. The minimum atomic E-state index is 0.706. The maximum absolute atomic E-state index is 5.12. The van der Waals surface area contributed by atoms with Crippen LogP contribution in [-0.2, 0) is 4.74 Å². The summed E-state index contributed by atoms with van der Waals surface area (Å²) in [6.45, 7) is 4.55. The van der Waals surface area contributed by atoms with Crippen LogP contribution in [0.15, 0.2) is 0 Å². The SMILES string of the molecule is CNC1CC2(CCN(CCOC)CC2)C1. The van der Waals surface area contributed by atoms with E-state index in [1.54, 1.807) is 7.11 Å². The Kier molecular flexibility index (Phi) is 3.65. The van der Waals surface area contributed by atoms with Crippen molar-refractivity contribution >= 4 is 0 Å². The van der Waals surface area contributed by atoms with Crippen molar-refractivity contribution < 1.29 is 4.74 Å². The van der Waals surface area contributed by atoms with Crippen molar-refractivity contribution in [2.24, 2.45) is 5.41 Å². The van der Waals surface area contributed by atoms with E-state index in [4.69, 9.17) is 4.74 Å². The van der Waals surface area contributed by atoms with Crippen LogP contribution in [0.1, 0.15) is 25.7 Å². The monoisotopic (exact) mass is 212 g/mol. The molecule has 1 aliphatic heterocycles. The maximum atomic E-state index is 5.12. The zero-order valence-corrected chi connectivity index (χ0v) is 10.1. The van der Waals surface area contributed by atoms with Crippen LogP contribution in [0.25, 0.3) is 0 Å². The maximum Gasteiger partial charge on any atom is 0.0589 e. The van der Waals surface area contributed by atoms with E-state index in [2.05, 4.69) is 17.3 Å². The Bertz CT molecular complexity index is 192. The van der Waals surface area contributed by atoms with Crippen molar-refractivity contribution in [1.82, 2.24) is 10.2 Å². The second-order valence-electron chi connectivity index (χ2n) is 5.23. The lowest BCUT2D eigenvalue weighted by Crippen LogP contribution is -2.53. The minimum absolute atomic E-state index is 0.706. The van der Waals surface area contributed by atoms with Gasteiger partial charge in [-0.25, -0.2) is 0 Å². The first-order valence-corrected chi connectivity index (χ1v) is 6.16. The van der Waals surface area contributed by atoms with Crippen LogP contribution in [0.3, 0.4) is 0 Å². The lowest BCUT2D eigenvalue weighted by molar-refractivity contribution is 0.00229. The first-order valence-electron chi connectivity index (χ1n) is 6.16. The molecule has 2 rings (SSSR count). The molecule has 2 aliphatic rings. The molecule has 0 aromatic carbocycles. The molecule has 1 heterocycles. The second-order valence-corrected chi connectivity index (χ2v) is 5.23. The van der Waals surface area contributed by atoms with E-state index < -0.39 is 0 Å². The molecule has 1 aliphatic carbocycles. The van der Waals surface area contributed by atoms with Gasteiger partial charge in [0.1, 0.15) is 0 Å². The number of nitrogens with zero attached hydrogens (tertiary/aromatic N) is 1. The predicted molar refractivity (Wildman–Crippen MR) is 62.1 cm³/mol. The predicted octanol–water partition coefficient (Wildman–Crippen LogP) is 1.10. The smallest absolute Gasteiger partial charge is 0.0589 e. The molecule has 88 valence electrons. The normalized spacial score (nSPS) is 26.8. The van der Waals surface area contributed by atoms with Crippen molar-refractivity contribution in [2.75, 3.05) is 40.4 Å². The van der Waals surface area contributed by atoms with E-state index in [0.29, 0.717) is 5.41 Å². The number of ether oxygens (including phenoxy) is 1. The number of methoxy groups -OCH3 is 1. The van der Waals surface area contributed by atoms with Gasteiger partial charge in [-0.05, 0) is 51.2 Å². The second kappa shape index (κ2) is 4.81. The highest BCUT2D eigenvalue weighted by Crippen LogP contribution is 2.48. The summed E-state index contributed by atoms with van der Waals surface area (Å²) in [6.07, 6.45) is 5.60. The topological polar surface area (TPSA) is 24.5 Å². The number of rotatable bonds is 4. The van der Waals surface area contributed by atoms with Gasteiger partial charge in [-0.2, -0.15) is 0 Å². The molecular weight excluding hydrogens is 188 g/mol. The van der Waals surface area contributed by atoms with Gasteiger partial charge in [0.05, 0.1) is 6.61 Å². The molecule has 3 heteroatoms. The van der Waals surface area contributed by atoms with Crippen molar-refractivity contribution in [3.8, 4) is 0 Å². The van der Waals surface area contributed by atoms with Crippen molar-refractivity contribution in [3.05, 3.63) is 0 Å². The Morgan fingerprint density at radius 3 is 2.53 bits per heavy atom. The number of hydrogen-bond donors (Lipinski definition) is 1. The third-order valence-electron chi connectivity index (χ3n) is 4.30. The first kappa shape index (κ1) is 11.4. The van der Waals surface area contributed by atoms with Gasteiger partial charge in [0, 0.05) is 19.7 Å². The lowest BCUT2D eigenvalue weighted by Gasteiger charge is -2.52. The van der Waals surface area contributed by atoms with Crippen LogP contribution in [-0.4, -0.2) is 51.3 Å². The van der Waals surface area contributed by atoms with Crippen molar-refractivity contribution in [2.45, 2.75) is 31.7 Å². The summed E-state index contributed by atoms with van der Waals surface area (Å²) in [5.41, 5.74) is 0.706. The molecule has 0 bridgehead atoms. The fourth-order valence-corrected chi connectivity index (χ4v) is 3.07. The molecule has 0 aromatic heterocycles. The molecule has 0 aromatic rings. The van der Waals surface area contributed by atoms with Gasteiger partial charge < -0.3 is 15.0 Å². The van der Waals surface area contributed by atoms with Gasteiger partial charge in [-0.1, -0.05) is 0 Å². The van der Waals surface area contributed by atoms with E-state index >= 15 is 0 Å². The van der Waals surface area contributed by atoms with E-state index in [9.17, 15) is 0 Å². The van der Waals surface area contributed by atoms with Gasteiger partial charge in [0.25, 0.3) is 0 Å². The molecule has 0 atom stereocenters. The van der Waals surface area contributed by atoms with Gasteiger partial charge in [-0.15, -0.1) is 0 Å². The average Bonchev–Trinajstić information content (AvgIpc) is 2.24. The Hall–Kier alpha value is -0.120. The lowest BCUT2D eigenvalue weighted by atomic mass is 9.60. The van der Waals surface area contributed by atoms with Crippen molar-refractivity contribution in [3.63, 3.8) is 0 Å². The van der Waals surface area contributed by atoms with Gasteiger partial charge in [0.15, 0.2) is 0 Å². The molecule has 1 saturated heterocycles. The molecule has 0 amide bonds. The van der Waals surface area contributed by atoms with Gasteiger partial charge >= 0.3 is 0 Å². The molecule has 2 fully saturated rings. The molecule has 1 spiro atoms. The van der Waals surface area contributed by atoms with E-state index in [1.807, 2.05) is 0 Å². The quantitative estimate of drug-likeness (QED) is 0.755. The molecular formula is C12H24N2O. The molecule has 3 nitrogen and oxygen atoms in total. The average molecular weight is 212 g/mol. The van der Waals surface area contributed by atoms with E-state index in [1.165, 1.54) is 38.8 Å². The number of likely N-dealkylation sites (tertiary alicyclic amines) is 1. The third-order valence-corrected chi connectivity index (χ3v) is 4.30. The van der Waals surface area contributed by atoms with Crippen molar-refractivity contribution in [1.29, 1.82) is 0 Å². The Morgan fingerprint density at radius 2 is 2.00 bits per heavy atom. The standard InChI is InChI=1S/C12H24N2O/c1-13-11-9-12(10-11)3-5-14(6-4-12)7-8-15-2/h11,13H,3-10H2,1-2H3. The highest BCUT2D eigenvalue weighted by molar-refractivity contribution is 4.99. The number of hydrogen-bond acceptors (Lipinski definition) is 3. The summed E-state index contributed by atoms with van der Waals surface area (Å²) in [6, 6.07) is 0.801. The first-order chi connectivity index (χ1) is 7.28. The summed E-state index contributed by atoms with van der Waals surface area (Å²) in [4.78, 5) is 2.54. The van der Waals surface area contributed by atoms with Crippen LogP contribution in [0.2, 0.25) is 0 Å².